The van der Waals surface area contributed by atoms with E-state index in [1.54, 1.807) is 7.11 Å². The van der Waals surface area contributed by atoms with Gasteiger partial charge in [0.1, 0.15) is 5.75 Å². The molecular formula is C16H23NO. The van der Waals surface area contributed by atoms with E-state index in [9.17, 15) is 0 Å². The molecule has 2 fully saturated rings. The molecule has 3 rings (SSSR count). The van der Waals surface area contributed by atoms with Gasteiger partial charge in [-0.15, -0.1) is 0 Å². The van der Waals surface area contributed by atoms with Gasteiger partial charge in [-0.25, -0.2) is 0 Å². The molecule has 2 atom stereocenters. The molecule has 1 aromatic carbocycles. The second kappa shape index (κ2) is 5.31. The van der Waals surface area contributed by atoms with Gasteiger partial charge in [0.25, 0.3) is 0 Å². The van der Waals surface area contributed by atoms with Crippen LogP contribution in [0.15, 0.2) is 24.3 Å². The van der Waals surface area contributed by atoms with Crippen LogP contribution in [0.3, 0.4) is 0 Å². The molecular weight excluding hydrogens is 222 g/mol. The molecule has 0 unspecified atom stereocenters. The molecule has 2 bridgehead atoms. The maximum absolute atomic E-state index is 5.20. The number of benzene rings is 1. The molecule has 0 saturated carbocycles. The third-order valence-electron chi connectivity index (χ3n) is 4.66. The Labute approximate surface area is 110 Å². The first-order valence-electron chi connectivity index (χ1n) is 7.25. The summed E-state index contributed by atoms with van der Waals surface area (Å²) in [6.07, 6.45) is 8.37. The minimum absolute atomic E-state index is 0.891. The van der Waals surface area contributed by atoms with Gasteiger partial charge in [-0.05, 0) is 49.8 Å². The fourth-order valence-corrected chi connectivity index (χ4v) is 3.64. The monoisotopic (exact) mass is 245 g/mol. The van der Waals surface area contributed by atoms with Crippen LogP contribution >= 0.6 is 0 Å². The lowest BCUT2D eigenvalue weighted by Crippen LogP contribution is -2.40. The van der Waals surface area contributed by atoms with E-state index < -0.39 is 0 Å². The molecule has 0 aromatic heterocycles. The smallest absolute Gasteiger partial charge is 0.118 e. The van der Waals surface area contributed by atoms with Crippen LogP contribution in [0.4, 0.5) is 0 Å². The maximum atomic E-state index is 5.20. The van der Waals surface area contributed by atoms with Gasteiger partial charge in [0.2, 0.25) is 0 Å². The third kappa shape index (κ3) is 2.39. The van der Waals surface area contributed by atoms with Crippen molar-refractivity contribution in [3.8, 4) is 5.75 Å². The van der Waals surface area contributed by atoms with Crippen LogP contribution in [0.25, 0.3) is 0 Å². The Morgan fingerprint density at radius 1 is 1.06 bits per heavy atom. The predicted octanol–water partition coefficient (Wildman–Crippen LogP) is 3.25. The minimum atomic E-state index is 0.891. The van der Waals surface area contributed by atoms with Crippen LogP contribution in [0.1, 0.15) is 37.7 Å². The van der Waals surface area contributed by atoms with Crippen LogP contribution in [-0.4, -0.2) is 30.6 Å². The van der Waals surface area contributed by atoms with Crippen LogP contribution in [-0.2, 0) is 6.42 Å². The predicted molar refractivity (Wildman–Crippen MR) is 74.1 cm³/mol. The Kier molecular flexibility index (Phi) is 3.55. The lowest BCUT2D eigenvalue weighted by molar-refractivity contribution is 0.142. The molecule has 18 heavy (non-hydrogen) atoms. The van der Waals surface area contributed by atoms with E-state index in [-0.39, 0.29) is 0 Å². The zero-order valence-corrected chi connectivity index (χ0v) is 11.3. The van der Waals surface area contributed by atoms with Gasteiger partial charge in [-0.3, -0.25) is 4.90 Å². The summed E-state index contributed by atoms with van der Waals surface area (Å²) < 4.78 is 5.20. The van der Waals surface area contributed by atoms with Crippen molar-refractivity contribution in [2.45, 2.75) is 50.6 Å². The van der Waals surface area contributed by atoms with E-state index in [4.69, 9.17) is 4.74 Å². The van der Waals surface area contributed by atoms with Crippen LogP contribution in [0.5, 0.6) is 5.75 Å². The van der Waals surface area contributed by atoms with Gasteiger partial charge in [0.05, 0.1) is 7.11 Å². The highest BCUT2D eigenvalue weighted by Gasteiger charge is 2.35. The molecule has 2 saturated heterocycles. The van der Waals surface area contributed by atoms with Crippen molar-refractivity contribution in [3.63, 3.8) is 0 Å². The Balaban J connectivity index is 1.57. The highest BCUT2D eigenvalue weighted by Crippen LogP contribution is 2.35. The first-order chi connectivity index (χ1) is 8.86. The van der Waals surface area contributed by atoms with E-state index in [2.05, 4.69) is 29.2 Å². The van der Waals surface area contributed by atoms with Crippen molar-refractivity contribution in [3.05, 3.63) is 29.8 Å². The van der Waals surface area contributed by atoms with E-state index in [1.165, 1.54) is 50.6 Å². The summed E-state index contributed by atoms with van der Waals surface area (Å²) >= 11 is 0. The molecule has 2 heterocycles. The van der Waals surface area contributed by atoms with Gasteiger partial charge >= 0.3 is 0 Å². The molecule has 1 aromatic rings. The average Bonchev–Trinajstić information content (AvgIpc) is 2.65. The number of rotatable bonds is 4. The molecule has 2 aliphatic heterocycles. The normalized spacial score (nSPS) is 27.4. The molecule has 0 aliphatic carbocycles. The number of hydrogen-bond acceptors (Lipinski definition) is 2. The minimum Gasteiger partial charge on any atom is -0.497 e. The van der Waals surface area contributed by atoms with E-state index in [0.29, 0.717) is 0 Å². The number of ether oxygens (including phenoxy) is 1. The highest BCUT2D eigenvalue weighted by molar-refractivity contribution is 5.27. The van der Waals surface area contributed by atoms with Gasteiger partial charge in [0.15, 0.2) is 0 Å². The number of piperidine rings is 1. The van der Waals surface area contributed by atoms with Crippen molar-refractivity contribution < 1.29 is 4.74 Å². The first kappa shape index (κ1) is 12.0. The van der Waals surface area contributed by atoms with Crippen molar-refractivity contribution >= 4 is 0 Å². The second-order valence-corrected chi connectivity index (χ2v) is 5.65. The molecule has 98 valence electrons. The summed E-state index contributed by atoms with van der Waals surface area (Å²) in [4.78, 5) is 2.77. The Hall–Kier alpha value is -1.02. The fraction of sp³-hybridized carbons (Fsp3) is 0.625. The van der Waals surface area contributed by atoms with Crippen LogP contribution in [0.2, 0.25) is 0 Å². The maximum Gasteiger partial charge on any atom is 0.118 e. The topological polar surface area (TPSA) is 12.5 Å². The Morgan fingerprint density at radius 3 is 2.33 bits per heavy atom. The molecule has 2 heteroatoms. The number of nitrogens with zero attached hydrogens (tertiary/aromatic N) is 1. The lowest BCUT2D eigenvalue weighted by atomic mass is 10.0. The zero-order chi connectivity index (χ0) is 12.4. The largest absolute Gasteiger partial charge is 0.497 e. The summed E-state index contributed by atoms with van der Waals surface area (Å²) in [7, 11) is 1.72. The van der Waals surface area contributed by atoms with Crippen molar-refractivity contribution in [1.29, 1.82) is 0 Å². The van der Waals surface area contributed by atoms with Crippen LogP contribution < -0.4 is 4.74 Å². The molecule has 0 spiro atoms. The van der Waals surface area contributed by atoms with Crippen molar-refractivity contribution in [1.82, 2.24) is 4.90 Å². The van der Waals surface area contributed by atoms with E-state index in [0.717, 1.165) is 17.8 Å². The van der Waals surface area contributed by atoms with Crippen LogP contribution in [0, 0.1) is 0 Å². The summed E-state index contributed by atoms with van der Waals surface area (Å²) in [6.45, 7) is 1.24. The quantitative estimate of drug-likeness (QED) is 0.807. The second-order valence-electron chi connectivity index (χ2n) is 5.65. The standard InChI is InChI=1S/C16H23NO/c1-18-16-9-5-13(6-10-16)11-12-17-14-3-2-4-15(17)8-7-14/h5-6,9-10,14-15H,2-4,7-8,11-12H2,1H3/t14-,15+. The Morgan fingerprint density at radius 2 is 1.72 bits per heavy atom. The number of hydrogen-bond donors (Lipinski definition) is 0. The third-order valence-corrected chi connectivity index (χ3v) is 4.66. The summed E-state index contributed by atoms with van der Waals surface area (Å²) in [5, 5.41) is 0. The summed E-state index contributed by atoms with van der Waals surface area (Å²) in [5.74, 6) is 0.955. The van der Waals surface area contributed by atoms with Crippen molar-refractivity contribution in [2.24, 2.45) is 0 Å². The number of methoxy groups -OCH3 is 1. The average molecular weight is 245 g/mol. The SMILES string of the molecule is COc1ccc(CCN2[C@@H]3CCC[C@H]2CC3)cc1. The zero-order valence-electron chi connectivity index (χ0n) is 11.3. The number of fused-ring (bicyclic) bond motifs is 2. The molecule has 0 N–H and O–H groups in total. The molecule has 2 nitrogen and oxygen atoms in total. The fourth-order valence-electron chi connectivity index (χ4n) is 3.64. The lowest BCUT2D eigenvalue weighted by Gasteiger charge is -2.34. The van der Waals surface area contributed by atoms with E-state index >= 15 is 0 Å². The van der Waals surface area contributed by atoms with Gasteiger partial charge < -0.3 is 4.74 Å². The summed E-state index contributed by atoms with van der Waals surface area (Å²) in [5.41, 5.74) is 1.43. The van der Waals surface area contributed by atoms with Gasteiger partial charge in [0, 0.05) is 18.6 Å². The van der Waals surface area contributed by atoms with Gasteiger partial charge in [-0.1, -0.05) is 18.6 Å². The highest BCUT2D eigenvalue weighted by atomic mass is 16.5. The van der Waals surface area contributed by atoms with E-state index in [1.807, 2.05) is 0 Å². The molecule has 2 aliphatic rings. The molecule has 0 amide bonds. The first-order valence-corrected chi connectivity index (χ1v) is 7.25. The molecule has 0 radical (unpaired) electrons. The van der Waals surface area contributed by atoms with Crippen molar-refractivity contribution in [2.75, 3.05) is 13.7 Å². The Bertz CT molecular complexity index is 371. The summed E-state index contributed by atoms with van der Waals surface area (Å²) in [6, 6.07) is 10.3. The van der Waals surface area contributed by atoms with Gasteiger partial charge in [-0.2, -0.15) is 0 Å².